The van der Waals surface area contributed by atoms with Gasteiger partial charge in [-0.2, -0.15) is 0 Å². The topological polar surface area (TPSA) is 38.5 Å². The molecule has 3 nitrogen and oxygen atoms in total. The van der Waals surface area contributed by atoms with Crippen LogP contribution >= 0.6 is 0 Å². The molecule has 0 saturated carbocycles. The van der Waals surface area contributed by atoms with Gasteiger partial charge in [0.05, 0.1) is 7.11 Å². The van der Waals surface area contributed by atoms with Gasteiger partial charge in [-0.3, -0.25) is 4.90 Å². The summed E-state index contributed by atoms with van der Waals surface area (Å²) in [5.74, 6) is 0.809. The molecule has 96 valence electrons. The third-order valence-electron chi connectivity index (χ3n) is 3.66. The lowest BCUT2D eigenvalue weighted by Crippen LogP contribution is -2.39. The van der Waals surface area contributed by atoms with Crippen LogP contribution in [-0.2, 0) is 6.54 Å². The van der Waals surface area contributed by atoms with E-state index in [1.165, 1.54) is 0 Å². The molecule has 0 aliphatic rings. The fourth-order valence-corrected chi connectivity index (χ4v) is 1.58. The van der Waals surface area contributed by atoms with Crippen molar-refractivity contribution in [3.8, 4) is 5.75 Å². The minimum atomic E-state index is 0.187. The minimum absolute atomic E-state index is 0.187. The van der Waals surface area contributed by atoms with Gasteiger partial charge in [-0.1, -0.05) is 13.0 Å². The van der Waals surface area contributed by atoms with E-state index in [4.69, 9.17) is 10.5 Å². The second-order valence-electron chi connectivity index (χ2n) is 5.09. The number of benzene rings is 1. The average Bonchev–Trinajstić information content (AvgIpc) is 2.31. The summed E-state index contributed by atoms with van der Waals surface area (Å²) in [6, 6.07) is 5.87. The maximum atomic E-state index is 6.02. The van der Waals surface area contributed by atoms with E-state index >= 15 is 0 Å². The van der Waals surface area contributed by atoms with Gasteiger partial charge < -0.3 is 10.5 Å². The van der Waals surface area contributed by atoms with Crippen molar-refractivity contribution in [3.63, 3.8) is 0 Å². The summed E-state index contributed by atoms with van der Waals surface area (Å²) in [7, 11) is 3.79. The van der Waals surface area contributed by atoms with Crippen LogP contribution in [0.4, 0.5) is 5.69 Å². The van der Waals surface area contributed by atoms with E-state index in [2.05, 4.69) is 32.7 Å². The monoisotopic (exact) mass is 236 g/mol. The number of nitrogens with zero attached hydrogens (tertiary/aromatic N) is 1. The summed E-state index contributed by atoms with van der Waals surface area (Å²) in [6.45, 7) is 7.55. The van der Waals surface area contributed by atoms with Crippen LogP contribution in [0.3, 0.4) is 0 Å². The number of ether oxygens (including phenoxy) is 1. The van der Waals surface area contributed by atoms with Gasteiger partial charge in [0.25, 0.3) is 0 Å². The van der Waals surface area contributed by atoms with Crippen LogP contribution in [0.25, 0.3) is 0 Å². The second-order valence-corrected chi connectivity index (χ2v) is 5.09. The molecule has 2 N–H and O–H groups in total. The van der Waals surface area contributed by atoms with Crippen LogP contribution in [0.2, 0.25) is 0 Å². The SMILES string of the molecule is CCC(C)(C)N(C)Cc1ccc(OC)cc1N. The Morgan fingerprint density at radius 3 is 2.47 bits per heavy atom. The maximum absolute atomic E-state index is 6.02. The van der Waals surface area contributed by atoms with Gasteiger partial charge in [-0.15, -0.1) is 0 Å². The fourth-order valence-electron chi connectivity index (χ4n) is 1.58. The van der Waals surface area contributed by atoms with Gasteiger partial charge in [0, 0.05) is 23.8 Å². The summed E-state index contributed by atoms with van der Waals surface area (Å²) in [5, 5.41) is 0. The van der Waals surface area contributed by atoms with E-state index in [0.717, 1.165) is 30.0 Å². The highest BCUT2D eigenvalue weighted by atomic mass is 16.5. The van der Waals surface area contributed by atoms with Crippen molar-refractivity contribution in [2.75, 3.05) is 19.9 Å². The largest absolute Gasteiger partial charge is 0.497 e. The first-order valence-corrected chi connectivity index (χ1v) is 6.04. The van der Waals surface area contributed by atoms with Crippen molar-refractivity contribution in [1.82, 2.24) is 4.90 Å². The Balaban J connectivity index is 2.82. The average molecular weight is 236 g/mol. The number of anilines is 1. The Morgan fingerprint density at radius 1 is 1.35 bits per heavy atom. The summed E-state index contributed by atoms with van der Waals surface area (Å²) >= 11 is 0. The molecular formula is C14H24N2O. The predicted octanol–water partition coefficient (Wildman–Crippen LogP) is 2.90. The van der Waals surface area contributed by atoms with E-state index in [9.17, 15) is 0 Å². The normalized spacial score (nSPS) is 11.9. The summed E-state index contributed by atoms with van der Waals surface area (Å²) in [5.41, 5.74) is 8.15. The quantitative estimate of drug-likeness (QED) is 0.799. The lowest BCUT2D eigenvalue weighted by molar-refractivity contribution is 0.143. The van der Waals surface area contributed by atoms with Gasteiger partial charge in [0.1, 0.15) is 5.75 Å². The summed E-state index contributed by atoms with van der Waals surface area (Å²) in [4.78, 5) is 2.32. The van der Waals surface area contributed by atoms with Gasteiger partial charge in [-0.05, 0) is 38.9 Å². The Morgan fingerprint density at radius 2 is 2.00 bits per heavy atom. The molecule has 0 amide bonds. The van der Waals surface area contributed by atoms with E-state index in [1.807, 2.05) is 18.2 Å². The highest BCUT2D eigenvalue weighted by Crippen LogP contribution is 2.24. The molecule has 3 heteroatoms. The molecule has 1 aromatic rings. The minimum Gasteiger partial charge on any atom is -0.497 e. The van der Waals surface area contributed by atoms with Gasteiger partial charge >= 0.3 is 0 Å². The molecule has 0 aliphatic carbocycles. The van der Waals surface area contributed by atoms with Crippen molar-refractivity contribution < 1.29 is 4.74 Å². The molecule has 0 unspecified atom stereocenters. The van der Waals surface area contributed by atoms with Crippen LogP contribution in [0.1, 0.15) is 32.8 Å². The smallest absolute Gasteiger partial charge is 0.120 e. The third-order valence-corrected chi connectivity index (χ3v) is 3.66. The lowest BCUT2D eigenvalue weighted by atomic mass is 9.99. The Bertz CT molecular complexity index is 374. The molecule has 0 aromatic heterocycles. The first-order chi connectivity index (χ1) is 7.90. The number of hydrogen-bond donors (Lipinski definition) is 1. The second kappa shape index (κ2) is 5.41. The zero-order valence-electron chi connectivity index (χ0n) is 11.6. The van der Waals surface area contributed by atoms with Crippen molar-refractivity contribution in [2.24, 2.45) is 0 Å². The first kappa shape index (κ1) is 13.8. The zero-order valence-corrected chi connectivity index (χ0v) is 11.6. The summed E-state index contributed by atoms with van der Waals surface area (Å²) < 4.78 is 5.15. The van der Waals surface area contributed by atoms with Gasteiger partial charge in [0.2, 0.25) is 0 Å². The van der Waals surface area contributed by atoms with Crippen LogP contribution < -0.4 is 10.5 Å². The number of hydrogen-bond acceptors (Lipinski definition) is 3. The molecule has 1 rings (SSSR count). The predicted molar refractivity (Wildman–Crippen MR) is 73.2 cm³/mol. The Labute approximate surface area is 105 Å². The molecule has 0 saturated heterocycles. The molecule has 1 aromatic carbocycles. The van der Waals surface area contributed by atoms with E-state index in [0.29, 0.717) is 0 Å². The molecule has 0 atom stereocenters. The number of nitrogens with two attached hydrogens (primary N) is 1. The Kier molecular flexibility index (Phi) is 4.40. The van der Waals surface area contributed by atoms with Gasteiger partial charge in [-0.25, -0.2) is 0 Å². The number of nitrogen functional groups attached to an aromatic ring is 1. The van der Waals surface area contributed by atoms with Crippen LogP contribution in [0, 0.1) is 0 Å². The van der Waals surface area contributed by atoms with E-state index in [-0.39, 0.29) is 5.54 Å². The van der Waals surface area contributed by atoms with Crippen LogP contribution in [-0.4, -0.2) is 24.6 Å². The number of rotatable bonds is 5. The van der Waals surface area contributed by atoms with Crippen molar-refractivity contribution >= 4 is 5.69 Å². The Hall–Kier alpha value is -1.22. The number of methoxy groups -OCH3 is 1. The molecule has 0 aliphatic heterocycles. The molecular weight excluding hydrogens is 212 g/mol. The molecule has 0 bridgehead atoms. The van der Waals surface area contributed by atoms with E-state index in [1.54, 1.807) is 7.11 Å². The first-order valence-electron chi connectivity index (χ1n) is 6.04. The zero-order chi connectivity index (χ0) is 13.1. The van der Waals surface area contributed by atoms with Crippen molar-refractivity contribution in [2.45, 2.75) is 39.3 Å². The highest BCUT2D eigenvalue weighted by molar-refractivity contribution is 5.51. The van der Waals surface area contributed by atoms with E-state index < -0.39 is 0 Å². The highest BCUT2D eigenvalue weighted by Gasteiger charge is 2.21. The molecule has 0 heterocycles. The van der Waals surface area contributed by atoms with Crippen LogP contribution in [0.5, 0.6) is 5.75 Å². The molecule has 0 radical (unpaired) electrons. The molecule has 0 fully saturated rings. The molecule has 17 heavy (non-hydrogen) atoms. The lowest BCUT2D eigenvalue weighted by Gasteiger charge is -2.35. The van der Waals surface area contributed by atoms with Crippen molar-refractivity contribution in [3.05, 3.63) is 23.8 Å². The fraction of sp³-hybridized carbons (Fsp3) is 0.571. The van der Waals surface area contributed by atoms with Gasteiger partial charge in [0.15, 0.2) is 0 Å². The van der Waals surface area contributed by atoms with Crippen LogP contribution in [0.15, 0.2) is 18.2 Å². The third kappa shape index (κ3) is 3.37. The maximum Gasteiger partial charge on any atom is 0.120 e. The standard InChI is InChI=1S/C14H24N2O/c1-6-14(2,3)16(4)10-11-7-8-12(17-5)9-13(11)15/h7-9H,6,10,15H2,1-5H3. The molecule has 0 spiro atoms. The van der Waals surface area contributed by atoms with Crippen molar-refractivity contribution in [1.29, 1.82) is 0 Å². The summed E-state index contributed by atoms with van der Waals surface area (Å²) in [6.07, 6.45) is 1.11.